The van der Waals surface area contributed by atoms with Gasteiger partial charge in [0.25, 0.3) is 0 Å². The SMILES string of the molecule is Cc1cc(N2CCN(c3ccn4nccc4n3)CC2)nc(C)n1. The largest absolute Gasteiger partial charge is 0.353 e. The van der Waals surface area contributed by atoms with Gasteiger partial charge < -0.3 is 9.80 Å². The van der Waals surface area contributed by atoms with E-state index < -0.39 is 0 Å². The van der Waals surface area contributed by atoms with E-state index in [2.05, 4.69) is 35.9 Å². The van der Waals surface area contributed by atoms with E-state index in [9.17, 15) is 0 Å². The van der Waals surface area contributed by atoms with Crippen LogP contribution in [0.5, 0.6) is 0 Å². The minimum atomic E-state index is 0.829. The van der Waals surface area contributed by atoms with Crippen LogP contribution in [-0.2, 0) is 0 Å². The summed E-state index contributed by atoms with van der Waals surface area (Å²) in [5, 5.41) is 4.19. The molecule has 0 saturated carbocycles. The Morgan fingerprint density at radius 2 is 1.61 bits per heavy atom. The summed E-state index contributed by atoms with van der Waals surface area (Å²) < 4.78 is 1.78. The molecule has 23 heavy (non-hydrogen) atoms. The van der Waals surface area contributed by atoms with Gasteiger partial charge in [0.2, 0.25) is 0 Å². The van der Waals surface area contributed by atoms with Gasteiger partial charge in [0.15, 0.2) is 5.65 Å². The summed E-state index contributed by atoms with van der Waals surface area (Å²) in [6, 6.07) is 6.00. The van der Waals surface area contributed by atoms with Crippen LogP contribution in [0.1, 0.15) is 11.5 Å². The van der Waals surface area contributed by atoms with Gasteiger partial charge in [-0.3, -0.25) is 0 Å². The van der Waals surface area contributed by atoms with Crippen LogP contribution in [-0.4, -0.2) is 50.7 Å². The van der Waals surface area contributed by atoms with Crippen molar-refractivity contribution in [2.24, 2.45) is 0 Å². The molecule has 1 aliphatic heterocycles. The molecular formula is C16H19N7. The first-order valence-corrected chi connectivity index (χ1v) is 7.82. The van der Waals surface area contributed by atoms with Crippen LogP contribution in [0.15, 0.2) is 30.6 Å². The predicted octanol–water partition coefficient (Wildman–Crippen LogP) is 1.46. The molecule has 1 saturated heterocycles. The van der Waals surface area contributed by atoms with Crippen LogP contribution >= 0.6 is 0 Å². The van der Waals surface area contributed by atoms with E-state index in [0.29, 0.717) is 0 Å². The number of piperazine rings is 1. The highest BCUT2D eigenvalue weighted by molar-refractivity contribution is 5.49. The van der Waals surface area contributed by atoms with Gasteiger partial charge in [-0.05, 0) is 19.9 Å². The second-order valence-corrected chi connectivity index (χ2v) is 5.81. The third kappa shape index (κ3) is 2.69. The molecular weight excluding hydrogens is 290 g/mol. The zero-order chi connectivity index (χ0) is 15.8. The lowest BCUT2D eigenvalue weighted by Gasteiger charge is -2.36. The van der Waals surface area contributed by atoms with Crippen LogP contribution in [0.3, 0.4) is 0 Å². The summed E-state index contributed by atoms with van der Waals surface area (Å²) in [6.07, 6.45) is 3.73. The average molecular weight is 309 g/mol. The van der Waals surface area contributed by atoms with Gasteiger partial charge in [0.05, 0.1) is 6.20 Å². The standard InChI is InChI=1S/C16H19N7/c1-12-11-16(19-13(2)18-12)22-9-7-21(8-10-22)14-4-6-23-15(20-14)3-5-17-23/h3-6,11H,7-10H2,1-2H3. The summed E-state index contributed by atoms with van der Waals surface area (Å²) in [5.41, 5.74) is 1.90. The number of anilines is 2. The monoisotopic (exact) mass is 309 g/mol. The van der Waals surface area contributed by atoms with Crippen molar-refractivity contribution in [3.63, 3.8) is 0 Å². The van der Waals surface area contributed by atoms with Crippen molar-refractivity contribution in [3.8, 4) is 0 Å². The fourth-order valence-corrected chi connectivity index (χ4v) is 3.00. The summed E-state index contributed by atoms with van der Waals surface area (Å²) in [4.78, 5) is 18.2. The molecule has 0 unspecified atom stereocenters. The van der Waals surface area contributed by atoms with Gasteiger partial charge in [0.1, 0.15) is 17.5 Å². The molecule has 7 nitrogen and oxygen atoms in total. The molecule has 4 heterocycles. The Bertz CT molecular complexity index is 813. The van der Waals surface area contributed by atoms with Crippen molar-refractivity contribution in [2.45, 2.75) is 13.8 Å². The number of hydrogen-bond donors (Lipinski definition) is 0. The Morgan fingerprint density at radius 1 is 0.870 bits per heavy atom. The van der Waals surface area contributed by atoms with Crippen molar-refractivity contribution >= 4 is 17.3 Å². The molecule has 0 atom stereocenters. The second kappa shape index (κ2) is 5.49. The lowest BCUT2D eigenvalue weighted by Crippen LogP contribution is -2.47. The van der Waals surface area contributed by atoms with Crippen molar-refractivity contribution in [3.05, 3.63) is 42.1 Å². The Labute approximate surface area is 134 Å². The number of fused-ring (bicyclic) bond motifs is 1. The first kappa shape index (κ1) is 13.9. The predicted molar refractivity (Wildman–Crippen MR) is 88.9 cm³/mol. The van der Waals surface area contributed by atoms with Gasteiger partial charge in [-0.1, -0.05) is 0 Å². The van der Waals surface area contributed by atoms with Crippen LogP contribution < -0.4 is 9.80 Å². The highest BCUT2D eigenvalue weighted by atomic mass is 15.3. The van der Waals surface area contributed by atoms with E-state index in [4.69, 9.17) is 0 Å². The van der Waals surface area contributed by atoms with Gasteiger partial charge in [0, 0.05) is 50.2 Å². The summed E-state index contributed by atoms with van der Waals surface area (Å²) in [7, 11) is 0. The van der Waals surface area contributed by atoms with E-state index in [1.807, 2.05) is 32.2 Å². The lowest BCUT2D eigenvalue weighted by atomic mass is 10.3. The van der Waals surface area contributed by atoms with Crippen molar-refractivity contribution in [1.29, 1.82) is 0 Å². The van der Waals surface area contributed by atoms with Gasteiger partial charge >= 0.3 is 0 Å². The molecule has 118 valence electrons. The highest BCUT2D eigenvalue weighted by Crippen LogP contribution is 2.18. The number of nitrogens with zero attached hydrogens (tertiary/aromatic N) is 7. The maximum Gasteiger partial charge on any atom is 0.157 e. The summed E-state index contributed by atoms with van der Waals surface area (Å²) >= 11 is 0. The topological polar surface area (TPSA) is 62.5 Å². The van der Waals surface area contributed by atoms with Crippen LogP contribution in [0.25, 0.3) is 5.65 Å². The van der Waals surface area contributed by atoms with Crippen molar-refractivity contribution in [2.75, 3.05) is 36.0 Å². The molecule has 0 aliphatic carbocycles. The smallest absolute Gasteiger partial charge is 0.157 e. The highest BCUT2D eigenvalue weighted by Gasteiger charge is 2.20. The molecule has 0 aromatic carbocycles. The summed E-state index contributed by atoms with van der Waals surface area (Å²) in [5.74, 6) is 2.86. The van der Waals surface area contributed by atoms with E-state index in [1.54, 1.807) is 10.7 Å². The van der Waals surface area contributed by atoms with Crippen LogP contribution in [0.4, 0.5) is 11.6 Å². The number of aryl methyl sites for hydroxylation is 2. The maximum absolute atomic E-state index is 4.67. The van der Waals surface area contributed by atoms with Crippen LogP contribution in [0.2, 0.25) is 0 Å². The maximum atomic E-state index is 4.67. The van der Waals surface area contributed by atoms with Crippen molar-refractivity contribution < 1.29 is 0 Å². The van der Waals surface area contributed by atoms with Crippen LogP contribution in [0, 0.1) is 13.8 Å². The number of hydrogen-bond acceptors (Lipinski definition) is 6. The van der Waals surface area contributed by atoms with Gasteiger partial charge in [-0.25, -0.2) is 19.5 Å². The molecule has 0 bridgehead atoms. The Balaban J connectivity index is 1.49. The van der Waals surface area contributed by atoms with E-state index in [-0.39, 0.29) is 0 Å². The second-order valence-electron chi connectivity index (χ2n) is 5.81. The molecule has 7 heteroatoms. The normalized spacial score (nSPS) is 15.4. The minimum Gasteiger partial charge on any atom is -0.353 e. The molecule has 0 spiro atoms. The van der Waals surface area contributed by atoms with Crippen molar-refractivity contribution in [1.82, 2.24) is 24.6 Å². The zero-order valence-electron chi connectivity index (χ0n) is 13.3. The fourth-order valence-electron chi connectivity index (χ4n) is 3.00. The number of rotatable bonds is 2. The quantitative estimate of drug-likeness (QED) is 0.714. The Kier molecular flexibility index (Phi) is 3.33. The zero-order valence-corrected chi connectivity index (χ0v) is 13.3. The van der Waals surface area contributed by atoms with E-state index in [0.717, 1.165) is 55.0 Å². The Hall–Kier alpha value is -2.70. The molecule has 1 aliphatic rings. The molecule has 0 radical (unpaired) electrons. The molecule has 4 rings (SSSR count). The Morgan fingerprint density at radius 3 is 2.35 bits per heavy atom. The van der Waals surface area contributed by atoms with Gasteiger partial charge in [-0.2, -0.15) is 5.10 Å². The molecule has 0 N–H and O–H groups in total. The molecule has 0 amide bonds. The fraction of sp³-hybridized carbons (Fsp3) is 0.375. The first-order chi connectivity index (χ1) is 11.2. The minimum absolute atomic E-state index is 0.829. The van der Waals surface area contributed by atoms with E-state index in [1.165, 1.54) is 0 Å². The third-order valence-corrected chi connectivity index (χ3v) is 4.12. The van der Waals surface area contributed by atoms with E-state index >= 15 is 0 Å². The third-order valence-electron chi connectivity index (χ3n) is 4.12. The molecule has 1 fully saturated rings. The van der Waals surface area contributed by atoms with Gasteiger partial charge in [-0.15, -0.1) is 0 Å². The summed E-state index contributed by atoms with van der Waals surface area (Å²) in [6.45, 7) is 7.68. The number of aromatic nitrogens is 5. The lowest BCUT2D eigenvalue weighted by molar-refractivity contribution is 0.639. The average Bonchev–Trinajstić information content (AvgIpc) is 3.01. The molecule has 3 aromatic heterocycles. The first-order valence-electron chi connectivity index (χ1n) is 7.82. The molecule has 3 aromatic rings.